The standard InChI is InChI=1S/C12H13ClN4O5S/c1-6-14-15-16-17(6)7(2)22-11-9(23(3,20)21)5-4-8(10(11)13)12(18)19/h4-5,7H,1-3H3,(H,18,19). The van der Waals surface area contributed by atoms with Gasteiger partial charge in [-0.05, 0) is 36.4 Å². The molecule has 0 aliphatic rings. The summed E-state index contributed by atoms with van der Waals surface area (Å²) in [6, 6.07) is 2.25. The van der Waals surface area contributed by atoms with E-state index in [0.717, 1.165) is 18.4 Å². The maximum atomic E-state index is 11.9. The summed E-state index contributed by atoms with van der Waals surface area (Å²) in [5.74, 6) is -1.12. The minimum Gasteiger partial charge on any atom is -0.478 e. The molecule has 11 heteroatoms. The number of aromatic carboxylic acids is 1. The lowest BCUT2D eigenvalue weighted by molar-refractivity contribution is 0.0695. The van der Waals surface area contributed by atoms with Crippen molar-refractivity contribution < 1.29 is 23.1 Å². The number of nitrogens with zero attached hydrogens (tertiary/aromatic N) is 4. The summed E-state index contributed by atoms with van der Waals surface area (Å²) in [4.78, 5) is 11.0. The van der Waals surface area contributed by atoms with Crippen LogP contribution in [-0.2, 0) is 9.84 Å². The van der Waals surface area contributed by atoms with Gasteiger partial charge in [-0.2, -0.15) is 4.68 Å². The Hall–Kier alpha value is -2.20. The van der Waals surface area contributed by atoms with Crippen LogP contribution in [0, 0.1) is 6.92 Å². The molecule has 0 spiro atoms. The van der Waals surface area contributed by atoms with E-state index < -0.39 is 22.0 Å². The van der Waals surface area contributed by atoms with Gasteiger partial charge in [-0.25, -0.2) is 13.2 Å². The number of rotatable bonds is 5. The van der Waals surface area contributed by atoms with Crippen molar-refractivity contribution in [1.29, 1.82) is 0 Å². The second-order valence-corrected chi connectivity index (χ2v) is 7.08. The molecule has 0 fully saturated rings. The fourth-order valence-corrected chi connectivity index (χ4v) is 3.05. The number of carboxylic acids is 1. The monoisotopic (exact) mass is 360 g/mol. The van der Waals surface area contributed by atoms with Crippen molar-refractivity contribution in [2.24, 2.45) is 0 Å². The minimum atomic E-state index is -3.69. The summed E-state index contributed by atoms with van der Waals surface area (Å²) in [6.45, 7) is 3.20. The van der Waals surface area contributed by atoms with Crippen LogP contribution in [0.1, 0.15) is 29.3 Å². The number of hydrogen-bond donors (Lipinski definition) is 1. The number of aromatic nitrogens is 4. The zero-order chi connectivity index (χ0) is 17.4. The molecule has 1 atom stereocenters. The van der Waals surface area contributed by atoms with Gasteiger partial charge in [-0.15, -0.1) is 5.10 Å². The first-order valence-electron chi connectivity index (χ1n) is 6.30. The minimum absolute atomic E-state index is 0.218. The van der Waals surface area contributed by atoms with Gasteiger partial charge in [0, 0.05) is 6.26 Å². The molecule has 1 unspecified atom stereocenters. The lowest BCUT2D eigenvalue weighted by Gasteiger charge is -2.19. The highest BCUT2D eigenvalue weighted by Gasteiger charge is 2.25. The average molecular weight is 361 g/mol. The first-order valence-corrected chi connectivity index (χ1v) is 8.57. The highest BCUT2D eigenvalue weighted by molar-refractivity contribution is 7.90. The van der Waals surface area contributed by atoms with Crippen LogP contribution in [0.4, 0.5) is 0 Å². The van der Waals surface area contributed by atoms with E-state index in [-0.39, 0.29) is 21.2 Å². The van der Waals surface area contributed by atoms with Crippen molar-refractivity contribution in [3.8, 4) is 5.75 Å². The number of carbonyl (C=O) groups is 1. The molecule has 2 rings (SSSR count). The average Bonchev–Trinajstić information content (AvgIpc) is 2.85. The Balaban J connectivity index is 2.57. The molecule has 0 radical (unpaired) electrons. The van der Waals surface area contributed by atoms with E-state index in [2.05, 4.69) is 15.5 Å². The normalized spacial score (nSPS) is 12.9. The van der Waals surface area contributed by atoms with E-state index in [0.29, 0.717) is 5.82 Å². The summed E-state index contributed by atoms with van der Waals surface area (Å²) < 4.78 is 30.6. The molecule has 2 aromatic rings. The number of carboxylic acid groups (broad SMARTS) is 1. The number of aryl methyl sites for hydroxylation is 1. The molecule has 0 bridgehead atoms. The number of halogens is 1. The maximum absolute atomic E-state index is 11.9. The quantitative estimate of drug-likeness (QED) is 0.846. The Morgan fingerprint density at radius 1 is 1.43 bits per heavy atom. The first-order chi connectivity index (χ1) is 10.6. The molecule has 1 N–H and O–H groups in total. The zero-order valence-electron chi connectivity index (χ0n) is 12.4. The van der Waals surface area contributed by atoms with Crippen molar-refractivity contribution in [2.45, 2.75) is 25.0 Å². The predicted molar refractivity (Wildman–Crippen MR) is 79.4 cm³/mol. The summed E-state index contributed by atoms with van der Waals surface area (Å²) in [7, 11) is -3.69. The van der Waals surface area contributed by atoms with Crippen molar-refractivity contribution in [2.75, 3.05) is 6.26 Å². The van der Waals surface area contributed by atoms with Crippen LogP contribution in [0.3, 0.4) is 0 Å². The van der Waals surface area contributed by atoms with E-state index >= 15 is 0 Å². The lowest BCUT2D eigenvalue weighted by Crippen LogP contribution is -2.17. The van der Waals surface area contributed by atoms with Gasteiger partial charge in [0.2, 0.25) is 0 Å². The molecule has 9 nitrogen and oxygen atoms in total. The van der Waals surface area contributed by atoms with Crippen LogP contribution < -0.4 is 4.74 Å². The van der Waals surface area contributed by atoms with E-state index in [1.54, 1.807) is 13.8 Å². The molecule has 0 aliphatic carbocycles. The van der Waals surface area contributed by atoms with Gasteiger partial charge in [-0.3, -0.25) is 0 Å². The van der Waals surface area contributed by atoms with Crippen molar-refractivity contribution in [3.05, 3.63) is 28.5 Å². The predicted octanol–water partition coefficient (Wildman–Crippen LogP) is 1.33. The van der Waals surface area contributed by atoms with E-state index in [4.69, 9.17) is 21.4 Å². The van der Waals surface area contributed by atoms with Gasteiger partial charge in [0.25, 0.3) is 0 Å². The molecule has 0 saturated carbocycles. The van der Waals surface area contributed by atoms with Gasteiger partial charge in [0.05, 0.1) is 10.6 Å². The molecule has 124 valence electrons. The topological polar surface area (TPSA) is 124 Å². The second-order valence-electron chi connectivity index (χ2n) is 4.72. The Labute approximate surface area is 136 Å². The third-order valence-corrected chi connectivity index (χ3v) is 4.48. The van der Waals surface area contributed by atoms with Crippen LogP contribution in [0.5, 0.6) is 5.75 Å². The highest BCUT2D eigenvalue weighted by Crippen LogP contribution is 2.37. The van der Waals surface area contributed by atoms with Gasteiger partial charge >= 0.3 is 5.97 Å². The van der Waals surface area contributed by atoms with Crippen LogP contribution in [0.2, 0.25) is 5.02 Å². The molecular weight excluding hydrogens is 348 g/mol. The van der Waals surface area contributed by atoms with E-state index in [1.807, 2.05) is 0 Å². The Bertz CT molecular complexity index is 864. The second kappa shape index (κ2) is 6.13. The number of sulfone groups is 1. The van der Waals surface area contributed by atoms with Gasteiger partial charge < -0.3 is 9.84 Å². The Morgan fingerprint density at radius 3 is 2.57 bits per heavy atom. The number of benzene rings is 1. The smallest absolute Gasteiger partial charge is 0.337 e. The highest BCUT2D eigenvalue weighted by atomic mass is 35.5. The largest absolute Gasteiger partial charge is 0.478 e. The molecule has 0 amide bonds. The van der Waals surface area contributed by atoms with Gasteiger partial charge in [0.15, 0.2) is 27.6 Å². The third-order valence-electron chi connectivity index (χ3n) is 2.98. The van der Waals surface area contributed by atoms with Gasteiger partial charge in [0.1, 0.15) is 4.90 Å². The number of hydrogen-bond acceptors (Lipinski definition) is 7. The summed E-state index contributed by atoms with van der Waals surface area (Å²) in [5.41, 5.74) is -0.269. The Kier molecular flexibility index (Phi) is 4.57. The van der Waals surface area contributed by atoms with Crippen LogP contribution in [-0.4, -0.2) is 46.0 Å². The van der Waals surface area contributed by atoms with Crippen LogP contribution in [0.15, 0.2) is 17.0 Å². The fraction of sp³-hybridized carbons (Fsp3) is 0.333. The summed E-state index contributed by atoms with van der Waals surface area (Å²) in [6.07, 6.45) is 0.172. The van der Waals surface area contributed by atoms with Crippen LogP contribution >= 0.6 is 11.6 Å². The third kappa shape index (κ3) is 3.42. The lowest BCUT2D eigenvalue weighted by atomic mass is 10.2. The molecule has 1 aromatic heterocycles. The van der Waals surface area contributed by atoms with E-state index in [9.17, 15) is 13.2 Å². The SMILES string of the molecule is Cc1nnnn1C(C)Oc1c(S(C)(=O)=O)ccc(C(=O)O)c1Cl. The molecule has 0 saturated heterocycles. The summed E-state index contributed by atoms with van der Waals surface area (Å²) >= 11 is 6.03. The molecule has 23 heavy (non-hydrogen) atoms. The first kappa shape index (κ1) is 17.2. The molecule has 1 heterocycles. The van der Waals surface area contributed by atoms with Crippen molar-refractivity contribution >= 4 is 27.4 Å². The number of tetrazole rings is 1. The van der Waals surface area contributed by atoms with Crippen LogP contribution in [0.25, 0.3) is 0 Å². The molecule has 1 aromatic carbocycles. The zero-order valence-corrected chi connectivity index (χ0v) is 14.0. The summed E-state index contributed by atoms with van der Waals surface area (Å²) in [5, 5.41) is 19.7. The van der Waals surface area contributed by atoms with Crippen molar-refractivity contribution in [3.63, 3.8) is 0 Å². The maximum Gasteiger partial charge on any atom is 0.337 e. The van der Waals surface area contributed by atoms with E-state index in [1.165, 1.54) is 4.68 Å². The van der Waals surface area contributed by atoms with Gasteiger partial charge in [-0.1, -0.05) is 11.6 Å². The van der Waals surface area contributed by atoms with Crippen molar-refractivity contribution in [1.82, 2.24) is 20.2 Å². The Morgan fingerprint density at radius 2 is 2.09 bits per heavy atom. The fourth-order valence-electron chi connectivity index (χ4n) is 1.90. The molecular formula is C12H13ClN4O5S. The molecule has 0 aliphatic heterocycles. The number of ether oxygens (including phenoxy) is 1.